The molecular formula is C16H23ClN2O2. The average molecular weight is 311 g/mol. The highest BCUT2D eigenvalue weighted by atomic mass is 35.5. The van der Waals surface area contributed by atoms with Crippen molar-refractivity contribution in [3.63, 3.8) is 0 Å². The molecule has 2 rings (SSSR count). The fourth-order valence-corrected chi connectivity index (χ4v) is 2.51. The van der Waals surface area contributed by atoms with E-state index in [2.05, 4.69) is 17.6 Å². The number of nitrogens with one attached hydrogen (secondary N) is 2. The van der Waals surface area contributed by atoms with Crippen LogP contribution in [0.4, 0.5) is 0 Å². The lowest BCUT2D eigenvalue weighted by Crippen LogP contribution is -2.36. The van der Waals surface area contributed by atoms with Gasteiger partial charge in [0, 0.05) is 37.0 Å². The summed E-state index contributed by atoms with van der Waals surface area (Å²) in [5.41, 5.74) is 1.16. The van der Waals surface area contributed by atoms with Crippen molar-refractivity contribution < 1.29 is 9.53 Å². The molecule has 2 atom stereocenters. The van der Waals surface area contributed by atoms with E-state index in [1.165, 1.54) is 0 Å². The van der Waals surface area contributed by atoms with Crippen LogP contribution in [0.1, 0.15) is 32.3 Å². The van der Waals surface area contributed by atoms with Gasteiger partial charge in [0.05, 0.1) is 0 Å². The highest BCUT2D eigenvalue weighted by molar-refractivity contribution is 6.30. The normalized spacial score (nSPS) is 18.0. The minimum atomic E-state index is 0.0965. The minimum absolute atomic E-state index is 0.0965. The van der Waals surface area contributed by atoms with E-state index in [-0.39, 0.29) is 18.1 Å². The summed E-state index contributed by atoms with van der Waals surface area (Å²) in [4.78, 5) is 11.6. The highest BCUT2D eigenvalue weighted by Gasteiger charge is 2.22. The summed E-state index contributed by atoms with van der Waals surface area (Å²) in [6, 6.07) is 5.96. The van der Waals surface area contributed by atoms with Crippen LogP contribution in [-0.4, -0.2) is 31.1 Å². The second-order valence-corrected chi connectivity index (χ2v) is 5.96. The van der Waals surface area contributed by atoms with Crippen molar-refractivity contribution in [3.05, 3.63) is 28.8 Å². The second kappa shape index (κ2) is 7.66. The average Bonchev–Trinajstić information content (AvgIpc) is 2.85. The number of amides is 1. The number of carbonyl (C=O) groups is 1. The molecule has 0 fully saturated rings. The van der Waals surface area contributed by atoms with Gasteiger partial charge in [0.1, 0.15) is 11.9 Å². The molecule has 1 amide bonds. The summed E-state index contributed by atoms with van der Waals surface area (Å²) in [6.45, 7) is 5.48. The standard InChI is InChI=1S/C16H23ClN2O2/c1-3-11(2)19-16(20)6-7-18-10-14-9-12-8-13(17)4-5-15(12)21-14/h4-5,8,11,14,18H,3,6-7,9-10H2,1-2H3,(H,19,20). The van der Waals surface area contributed by atoms with Crippen molar-refractivity contribution in [2.45, 2.75) is 45.3 Å². The van der Waals surface area contributed by atoms with Crippen LogP contribution in [0.15, 0.2) is 18.2 Å². The Hall–Kier alpha value is -1.26. The quantitative estimate of drug-likeness (QED) is 0.761. The summed E-state index contributed by atoms with van der Waals surface area (Å²) in [7, 11) is 0. The van der Waals surface area contributed by atoms with Crippen molar-refractivity contribution in [3.8, 4) is 5.75 Å². The topological polar surface area (TPSA) is 50.4 Å². The number of hydrogen-bond donors (Lipinski definition) is 2. The minimum Gasteiger partial charge on any atom is -0.488 e. The molecule has 2 unspecified atom stereocenters. The van der Waals surface area contributed by atoms with E-state index in [0.717, 1.165) is 35.7 Å². The fourth-order valence-electron chi connectivity index (χ4n) is 2.32. The molecule has 0 saturated carbocycles. The van der Waals surface area contributed by atoms with Crippen LogP contribution in [0.2, 0.25) is 5.02 Å². The predicted molar refractivity (Wildman–Crippen MR) is 85.0 cm³/mol. The third-order valence-electron chi connectivity index (χ3n) is 3.68. The van der Waals surface area contributed by atoms with Gasteiger partial charge in [-0.25, -0.2) is 0 Å². The Bertz CT molecular complexity index is 493. The van der Waals surface area contributed by atoms with Gasteiger partial charge < -0.3 is 15.4 Å². The second-order valence-electron chi connectivity index (χ2n) is 5.53. The molecule has 0 aliphatic carbocycles. The van der Waals surface area contributed by atoms with Gasteiger partial charge in [-0.2, -0.15) is 0 Å². The number of fused-ring (bicyclic) bond motifs is 1. The maximum absolute atomic E-state index is 11.6. The summed E-state index contributed by atoms with van der Waals surface area (Å²) in [6.07, 6.45) is 2.43. The van der Waals surface area contributed by atoms with Gasteiger partial charge >= 0.3 is 0 Å². The van der Waals surface area contributed by atoms with E-state index < -0.39 is 0 Å². The van der Waals surface area contributed by atoms with E-state index >= 15 is 0 Å². The molecule has 0 radical (unpaired) electrons. The molecule has 0 aromatic heterocycles. The molecule has 1 aliphatic heterocycles. The zero-order valence-corrected chi connectivity index (χ0v) is 13.4. The number of benzene rings is 1. The van der Waals surface area contributed by atoms with Gasteiger partial charge in [0.2, 0.25) is 5.91 Å². The van der Waals surface area contributed by atoms with E-state index in [0.29, 0.717) is 13.0 Å². The number of rotatable bonds is 7. The lowest BCUT2D eigenvalue weighted by molar-refractivity contribution is -0.121. The van der Waals surface area contributed by atoms with E-state index in [1.54, 1.807) is 0 Å². The van der Waals surface area contributed by atoms with Gasteiger partial charge in [0.15, 0.2) is 0 Å². The Balaban J connectivity index is 1.64. The molecule has 5 heteroatoms. The number of hydrogen-bond acceptors (Lipinski definition) is 3. The van der Waals surface area contributed by atoms with Gasteiger partial charge in [-0.1, -0.05) is 18.5 Å². The molecule has 4 nitrogen and oxygen atoms in total. The first-order valence-electron chi connectivity index (χ1n) is 7.53. The van der Waals surface area contributed by atoms with Crippen molar-refractivity contribution in [1.29, 1.82) is 0 Å². The Labute approximate surface area is 131 Å². The first-order valence-corrected chi connectivity index (χ1v) is 7.91. The largest absolute Gasteiger partial charge is 0.488 e. The summed E-state index contributed by atoms with van der Waals surface area (Å²) in [5, 5.41) is 6.98. The van der Waals surface area contributed by atoms with Crippen molar-refractivity contribution in [2.24, 2.45) is 0 Å². The Morgan fingerprint density at radius 3 is 3.10 bits per heavy atom. The molecule has 1 aromatic rings. The number of ether oxygens (including phenoxy) is 1. The number of halogens is 1. The maximum atomic E-state index is 11.6. The van der Waals surface area contributed by atoms with E-state index in [9.17, 15) is 4.79 Å². The van der Waals surface area contributed by atoms with E-state index in [4.69, 9.17) is 16.3 Å². The summed E-state index contributed by atoms with van der Waals surface area (Å²) >= 11 is 5.97. The van der Waals surface area contributed by atoms with Crippen LogP contribution >= 0.6 is 11.6 Å². The summed E-state index contributed by atoms with van der Waals surface area (Å²) in [5.74, 6) is 1.01. The third kappa shape index (κ3) is 4.90. The van der Waals surface area contributed by atoms with Crippen molar-refractivity contribution >= 4 is 17.5 Å². The highest BCUT2D eigenvalue weighted by Crippen LogP contribution is 2.30. The van der Waals surface area contributed by atoms with Crippen LogP contribution in [0, 0.1) is 0 Å². The van der Waals surface area contributed by atoms with Crippen LogP contribution < -0.4 is 15.4 Å². The molecule has 0 bridgehead atoms. The molecule has 21 heavy (non-hydrogen) atoms. The van der Waals surface area contributed by atoms with Crippen molar-refractivity contribution in [2.75, 3.05) is 13.1 Å². The maximum Gasteiger partial charge on any atom is 0.221 e. The molecule has 1 heterocycles. The van der Waals surface area contributed by atoms with Gasteiger partial charge in [0.25, 0.3) is 0 Å². The van der Waals surface area contributed by atoms with Crippen LogP contribution in [0.3, 0.4) is 0 Å². The Morgan fingerprint density at radius 1 is 1.52 bits per heavy atom. The lowest BCUT2D eigenvalue weighted by atomic mass is 10.1. The first-order chi connectivity index (χ1) is 10.1. The zero-order chi connectivity index (χ0) is 15.2. The Morgan fingerprint density at radius 2 is 2.33 bits per heavy atom. The van der Waals surface area contributed by atoms with Crippen LogP contribution in [0.25, 0.3) is 0 Å². The lowest BCUT2D eigenvalue weighted by Gasteiger charge is -2.13. The molecule has 1 aliphatic rings. The molecule has 116 valence electrons. The summed E-state index contributed by atoms with van der Waals surface area (Å²) < 4.78 is 5.83. The van der Waals surface area contributed by atoms with Crippen LogP contribution in [-0.2, 0) is 11.2 Å². The monoisotopic (exact) mass is 310 g/mol. The molecular weight excluding hydrogens is 288 g/mol. The molecule has 0 spiro atoms. The first kappa shape index (κ1) is 16.1. The van der Waals surface area contributed by atoms with Crippen molar-refractivity contribution in [1.82, 2.24) is 10.6 Å². The van der Waals surface area contributed by atoms with Gasteiger partial charge in [-0.05, 0) is 37.1 Å². The van der Waals surface area contributed by atoms with E-state index in [1.807, 2.05) is 25.1 Å². The Kier molecular flexibility index (Phi) is 5.88. The molecule has 2 N–H and O–H groups in total. The smallest absolute Gasteiger partial charge is 0.221 e. The van der Waals surface area contributed by atoms with Gasteiger partial charge in [-0.15, -0.1) is 0 Å². The zero-order valence-electron chi connectivity index (χ0n) is 12.6. The fraction of sp³-hybridized carbons (Fsp3) is 0.562. The van der Waals surface area contributed by atoms with Gasteiger partial charge in [-0.3, -0.25) is 4.79 Å². The molecule has 1 aromatic carbocycles. The number of carbonyl (C=O) groups excluding carboxylic acids is 1. The van der Waals surface area contributed by atoms with Crippen LogP contribution in [0.5, 0.6) is 5.75 Å². The molecule has 0 saturated heterocycles. The predicted octanol–water partition coefficient (Wildman–Crippen LogP) is 2.54. The SMILES string of the molecule is CCC(C)NC(=O)CCNCC1Cc2cc(Cl)ccc2O1. The third-order valence-corrected chi connectivity index (χ3v) is 3.92.